The number of nitrogens with one attached hydrogen (secondary N) is 1. The van der Waals surface area contributed by atoms with Gasteiger partial charge in [0.2, 0.25) is 0 Å². The Morgan fingerprint density at radius 3 is 2.62 bits per heavy atom. The number of hydrogen-bond acceptors (Lipinski definition) is 2. The van der Waals surface area contributed by atoms with Gasteiger partial charge in [-0.05, 0) is 31.6 Å². The minimum Gasteiger partial charge on any atom is -0.377 e. The van der Waals surface area contributed by atoms with Crippen LogP contribution in [0.2, 0.25) is 0 Å². The van der Waals surface area contributed by atoms with Crippen molar-refractivity contribution in [1.29, 1.82) is 0 Å². The Morgan fingerprint density at radius 1 is 1.25 bits per heavy atom. The second kappa shape index (κ2) is 6.61. The molecule has 2 nitrogen and oxygen atoms in total. The molecule has 0 aromatic heterocycles. The van der Waals surface area contributed by atoms with Crippen molar-refractivity contribution in [2.24, 2.45) is 5.92 Å². The summed E-state index contributed by atoms with van der Waals surface area (Å²) in [4.78, 5) is 0. The monoisotopic (exact) mass is 225 g/mol. The minimum atomic E-state index is 0.464. The zero-order chi connectivity index (χ0) is 11.2. The molecule has 0 aromatic carbocycles. The van der Waals surface area contributed by atoms with Gasteiger partial charge in [-0.3, -0.25) is 0 Å². The Kier molecular flexibility index (Phi) is 5.11. The van der Waals surface area contributed by atoms with Crippen LogP contribution in [0, 0.1) is 5.92 Å². The van der Waals surface area contributed by atoms with Gasteiger partial charge < -0.3 is 10.1 Å². The van der Waals surface area contributed by atoms with E-state index in [2.05, 4.69) is 12.2 Å². The van der Waals surface area contributed by atoms with Crippen LogP contribution in [0.1, 0.15) is 58.3 Å². The van der Waals surface area contributed by atoms with Crippen molar-refractivity contribution in [2.75, 3.05) is 13.2 Å². The smallest absolute Gasteiger partial charge is 0.0699 e. The van der Waals surface area contributed by atoms with Crippen molar-refractivity contribution < 1.29 is 4.74 Å². The second-order valence-electron chi connectivity index (χ2n) is 5.55. The van der Waals surface area contributed by atoms with Crippen LogP contribution in [0.5, 0.6) is 0 Å². The molecule has 0 spiro atoms. The third-order valence-corrected chi connectivity index (χ3v) is 3.93. The summed E-state index contributed by atoms with van der Waals surface area (Å²) in [6, 6.07) is 0.814. The first-order valence-corrected chi connectivity index (χ1v) is 7.23. The second-order valence-corrected chi connectivity index (χ2v) is 5.55. The fraction of sp³-hybridized carbons (Fsp3) is 1.00. The van der Waals surface area contributed by atoms with Gasteiger partial charge in [0.1, 0.15) is 0 Å². The molecular formula is C14H27NO. The van der Waals surface area contributed by atoms with Crippen molar-refractivity contribution in [2.45, 2.75) is 70.4 Å². The fourth-order valence-corrected chi connectivity index (χ4v) is 2.33. The molecule has 2 saturated carbocycles. The van der Waals surface area contributed by atoms with Gasteiger partial charge in [0.25, 0.3) is 0 Å². The maximum absolute atomic E-state index is 6.00. The lowest BCUT2D eigenvalue weighted by Gasteiger charge is -2.26. The lowest BCUT2D eigenvalue weighted by atomic mass is 9.83. The summed E-state index contributed by atoms with van der Waals surface area (Å²) in [6.45, 7) is 4.31. The molecule has 0 bridgehead atoms. The topological polar surface area (TPSA) is 21.3 Å². The van der Waals surface area contributed by atoms with Crippen LogP contribution in [0.4, 0.5) is 0 Å². The molecule has 16 heavy (non-hydrogen) atoms. The Morgan fingerprint density at radius 2 is 2.06 bits per heavy atom. The molecule has 2 heteroatoms. The SMILES string of the molecule is CCCC(CNC1CC1)OCCC1CCC1. The van der Waals surface area contributed by atoms with E-state index in [0.717, 1.165) is 25.1 Å². The predicted molar refractivity (Wildman–Crippen MR) is 67.6 cm³/mol. The zero-order valence-electron chi connectivity index (χ0n) is 10.7. The molecule has 1 atom stereocenters. The molecular weight excluding hydrogens is 198 g/mol. The lowest BCUT2D eigenvalue weighted by molar-refractivity contribution is 0.0325. The molecule has 0 heterocycles. The van der Waals surface area contributed by atoms with Gasteiger partial charge in [-0.2, -0.15) is 0 Å². The van der Waals surface area contributed by atoms with Gasteiger partial charge >= 0.3 is 0 Å². The van der Waals surface area contributed by atoms with Crippen molar-refractivity contribution in [3.63, 3.8) is 0 Å². The van der Waals surface area contributed by atoms with Crippen LogP contribution < -0.4 is 5.32 Å². The summed E-state index contributed by atoms with van der Waals surface area (Å²) < 4.78 is 6.00. The van der Waals surface area contributed by atoms with Crippen LogP contribution in [0.25, 0.3) is 0 Å². The molecule has 1 unspecified atom stereocenters. The molecule has 1 N–H and O–H groups in total. The van der Waals surface area contributed by atoms with Crippen LogP contribution in [-0.2, 0) is 4.74 Å². The van der Waals surface area contributed by atoms with Gasteiger partial charge in [-0.1, -0.05) is 32.6 Å². The molecule has 0 saturated heterocycles. The number of hydrogen-bond donors (Lipinski definition) is 1. The first kappa shape index (κ1) is 12.4. The summed E-state index contributed by atoms with van der Waals surface area (Å²) in [5.74, 6) is 0.985. The molecule has 94 valence electrons. The van der Waals surface area contributed by atoms with Crippen LogP contribution in [-0.4, -0.2) is 25.3 Å². The lowest BCUT2D eigenvalue weighted by Crippen LogP contribution is -2.31. The Bertz CT molecular complexity index is 187. The van der Waals surface area contributed by atoms with Gasteiger partial charge in [0.15, 0.2) is 0 Å². The third-order valence-electron chi connectivity index (χ3n) is 3.93. The third kappa shape index (κ3) is 4.42. The first-order chi connectivity index (χ1) is 7.88. The molecule has 2 aliphatic rings. The zero-order valence-corrected chi connectivity index (χ0v) is 10.7. The molecule has 2 aliphatic carbocycles. The fourth-order valence-electron chi connectivity index (χ4n) is 2.33. The predicted octanol–water partition coefficient (Wildman–Crippen LogP) is 3.11. The Hall–Kier alpha value is -0.0800. The Balaban J connectivity index is 1.52. The van der Waals surface area contributed by atoms with Crippen LogP contribution >= 0.6 is 0 Å². The largest absolute Gasteiger partial charge is 0.377 e. The van der Waals surface area contributed by atoms with Gasteiger partial charge in [-0.25, -0.2) is 0 Å². The normalized spacial score (nSPS) is 23.1. The highest BCUT2D eigenvalue weighted by molar-refractivity contribution is 4.82. The molecule has 0 amide bonds. The average Bonchev–Trinajstić information content (AvgIpc) is 3.01. The average molecular weight is 225 g/mol. The van der Waals surface area contributed by atoms with E-state index in [9.17, 15) is 0 Å². The highest BCUT2D eigenvalue weighted by Crippen LogP contribution is 2.29. The van der Waals surface area contributed by atoms with Crippen molar-refractivity contribution in [1.82, 2.24) is 5.32 Å². The highest BCUT2D eigenvalue weighted by atomic mass is 16.5. The van der Waals surface area contributed by atoms with Crippen molar-refractivity contribution >= 4 is 0 Å². The van der Waals surface area contributed by atoms with Gasteiger partial charge in [0, 0.05) is 19.2 Å². The summed E-state index contributed by atoms with van der Waals surface area (Å²) in [5.41, 5.74) is 0. The number of rotatable bonds is 9. The first-order valence-electron chi connectivity index (χ1n) is 7.23. The van der Waals surface area contributed by atoms with E-state index in [1.54, 1.807) is 0 Å². The Labute approximate surface area is 100 Å². The van der Waals surface area contributed by atoms with E-state index in [-0.39, 0.29) is 0 Å². The quantitative estimate of drug-likeness (QED) is 0.651. The van der Waals surface area contributed by atoms with Crippen molar-refractivity contribution in [3.8, 4) is 0 Å². The molecule has 0 aromatic rings. The van der Waals surface area contributed by atoms with E-state index >= 15 is 0 Å². The maximum Gasteiger partial charge on any atom is 0.0699 e. The van der Waals surface area contributed by atoms with Crippen LogP contribution in [0.15, 0.2) is 0 Å². The molecule has 0 radical (unpaired) electrons. The van der Waals surface area contributed by atoms with E-state index in [1.165, 1.54) is 51.4 Å². The van der Waals surface area contributed by atoms with Gasteiger partial charge in [0.05, 0.1) is 6.10 Å². The standard InChI is InChI=1S/C14H27NO/c1-2-4-14(11-15-13-7-8-13)16-10-9-12-5-3-6-12/h12-15H,2-11H2,1H3. The van der Waals surface area contributed by atoms with Crippen molar-refractivity contribution in [3.05, 3.63) is 0 Å². The maximum atomic E-state index is 6.00. The summed E-state index contributed by atoms with van der Waals surface area (Å²) in [7, 11) is 0. The van der Waals surface area contributed by atoms with Gasteiger partial charge in [-0.15, -0.1) is 0 Å². The summed E-state index contributed by atoms with van der Waals surface area (Å²) in [5, 5.41) is 3.58. The van der Waals surface area contributed by atoms with E-state index in [1.807, 2.05) is 0 Å². The van der Waals surface area contributed by atoms with E-state index in [0.29, 0.717) is 6.10 Å². The van der Waals surface area contributed by atoms with Crippen LogP contribution in [0.3, 0.4) is 0 Å². The highest BCUT2D eigenvalue weighted by Gasteiger charge is 2.22. The summed E-state index contributed by atoms with van der Waals surface area (Å²) >= 11 is 0. The molecule has 0 aliphatic heterocycles. The molecule has 2 fully saturated rings. The van der Waals surface area contributed by atoms with E-state index < -0.39 is 0 Å². The van der Waals surface area contributed by atoms with E-state index in [4.69, 9.17) is 4.74 Å². The number of ether oxygens (including phenoxy) is 1. The summed E-state index contributed by atoms with van der Waals surface area (Å²) in [6.07, 6.45) is 11.3. The minimum absolute atomic E-state index is 0.464. The molecule has 2 rings (SSSR count).